The van der Waals surface area contributed by atoms with Crippen molar-refractivity contribution in [1.29, 1.82) is 0 Å². The number of hydrogen-bond donors (Lipinski definition) is 1. The van der Waals surface area contributed by atoms with Crippen LogP contribution in [-0.2, 0) is 0 Å². The molecule has 1 aromatic rings. The maximum atomic E-state index is 12.8. The van der Waals surface area contributed by atoms with Crippen LogP contribution in [-0.4, -0.2) is 34.5 Å². The van der Waals surface area contributed by atoms with Crippen molar-refractivity contribution in [3.05, 3.63) is 35.4 Å². The summed E-state index contributed by atoms with van der Waals surface area (Å²) < 4.78 is 0. The van der Waals surface area contributed by atoms with Crippen LogP contribution in [0.2, 0.25) is 0 Å². The average molecular weight is 287 g/mol. The normalized spacial score (nSPS) is 25.2. The van der Waals surface area contributed by atoms with Gasteiger partial charge < -0.3 is 10.0 Å². The first-order valence-corrected chi connectivity index (χ1v) is 7.81. The second-order valence-corrected chi connectivity index (χ2v) is 6.14. The molecular weight excluding hydrogens is 266 g/mol. The lowest BCUT2D eigenvalue weighted by Crippen LogP contribution is -2.49. The monoisotopic (exact) mass is 287 g/mol. The quantitative estimate of drug-likeness (QED) is 0.909. The van der Waals surface area contributed by atoms with Gasteiger partial charge in [0.25, 0.3) is 5.91 Å². The Labute approximate surface area is 124 Å². The molecule has 1 saturated carbocycles. The number of benzene rings is 1. The number of likely N-dealkylation sites (tertiary alicyclic amines) is 1. The zero-order chi connectivity index (χ0) is 14.8. The molecule has 2 unspecified atom stereocenters. The van der Waals surface area contributed by atoms with Crippen molar-refractivity contribution in [3.8, 4) is 0 Å². The van der Waals surface area contributed by atoms with Gasteiger partial charge >= 0.3 is 5.97 Å². The Morgan fingerprint density at radius 2 is 1.76 bits per heavy atom. The summed E-state index contributed by atoms with van der Waals surface area (Å²) in [6, 6.07) is 6.75. The molecule has 1 saturated heterocycles. The number of hydrogen-bond acceptors (Lipinski definition) is 2. The van der Waals surface area contributed by atoms with Crippen LogP contribution in [0, 0.1) is 5.92 Å². The maximum Gasteiger partial charge on any atom is 0.335 e. The van der Waals surface area contributed by atoms with Gasteiger partial charge in [-0.3, -0.25) is 4.79 Å². The molecular formula is C17H21NO3. The Morgan fingerprint density at radius 3 is 2.57 bits per heavy atom. The zero-order valence-electron chi connectivity index (χ0n) is 12.1. The van der Waals surface area contributed by atoms with E-state index in [0.717, 1.165) is 19.4 Å². The number of carboxylic acid groups (broad SMARTS) is 1. The third-order valence-electron chi connectivity index (χ3n) is 4.86. The Kier molecular flexibility index (Phi) is 3.95. The summed E-state index contributed by atoms with van der Waals surface area (Å²) in [5, 5.41) is 9.06. The van der Waals surface area contributed by atoms with Gasteiger partial charge in [-0.15, -0.1) is 0 Å². The van der Waals surface area contributed by atoms with Crippen molar-refractivity contribution < 1.29 is 14.7 Å². The first-order valence-electron chi connectivity index (χ1n) is 7.81. The molecule has 0 bridgehead atoms. The van der Waals surface area contributed by atoms with Crippen molar-refractivity contribution in [2.24, 2.45) is 5.92 Å². The highest BCUT2D eigenvalue weighted by atomic mass is 16.4. The van der Waals surface area contributed by atoms with E-state index in [0.29, 0.717) is 17.5 Å². The van der Waals surface area contributed by atoms with Gasteiger partial charge in [0.15, 0.2) is 0 Å². The summed E-state index contributed by atoms with van der Waals surface area (Å²) in [6.45, 7) is 0.803. The van der Waals surface area contributed by atoms with Crippen LogP contribution in [0.15, 0.2) is 24.3 Å². The first-order chi connectivity index (χ1) is 10.2. The van der Waals surface area contributed by atoms with Gasteiger partial charge in [0.1, 0.15) is 0 Å². The van der Waals surface area contributed by atoms with E-state index in [4.69, 9.17) is 5.11 Å². The van der Waals surface area contributed by atoms with Crippen LogP contribution >= 0.6 is 0 Å². The number of piperidine rings is 1. The molecule has 2 aliphatic rings. The highest BCUT2D eigenvalue weighted by Crippen LogP contribution is 2.35. The highest BCUT2D eigenvalue weighted by molar-refractivity contribution is 5.97. The molecule has 1 heterocycles. The molecule has 1 amide bonds. The number of carboxylic acids is 1. The minimum absolute atomic E-state index is 0.00491. The second kappa shape index (κ2) is 5.88. The van der Waals surface area contributed by atoms with Crippen molar-refractivity contribution in [2.45, 2.75) is 44.6 Å². The van der Waals surface area contributed by atoms with Crippen LogP contribution in [0.25, 0.3) is 0 Å². The van der Waals surface area contributed by atoms with E-state index in [1.807, 2.05) is 4.90 Å². The standard InChI is InChI=1S/C17H21NO3/c19-16(13-6-3-7-14(11-13)17(20)21)18-10-4-8-12-5-1-2-9-15(12)18/h3,6-7,11-12,15H,1-2,4-5,8-10H2,(H,20,21). The summed E-state index contributed by atoms with van der Waals surface area (Å²) in [4.78, 5) is 25.8. The molecule has 4 heteroatoms. The second-order valence-electron chi connectivity index (χ2n) is 6.14. The zero-order valence-corrected chi connectivity index (χ0v) is 12.1. The van der Waals surface area contributed by atoms with Crippen LogP contribution in [0.3, 0.4) is 0 Å². The lowest BCUT2D eigenvalue weighted by Gasteiger charge is -2.44. The van der Waals surface area contributed by atoms with Gasteiger partial charge in [0, 0.05) is 18.2 Å². The third kappa shape index (κ3) is 2.80. The van der Waals surface area contributed by atoms with E-state index in [-0.39, 0.29) is 11.5 Å². The Morgan fingerprint density at radius 1 is 1.05 bits per heavy atom. The maximum absolute atomic E-state index is 12.8. The summed E-state index contributed by atoms with van der Waals surface area (Å²) in [5.41, 5.74) is 0.680. The van der Waals surface area contributed by atoms with Crippen molar-refractivity contribution in [2.75, 3.05) is 6.54 Å². The topological polar surface area (TPSA) is 57.6 Å². The fraction of sp³-hybridized carbons (Fsp3) is 0.529. The molecule has 0 spiro atoms. The number of carbonyl (C=O) groups excluding carboxylic acids is 1. The van der Waals surface area contributed by atoms with Gasteiger partial charge in [0.2, 0.25) is 0 Å². The number of rotatable bonds is 2. The van der Waals surface area contributed by atoms with E-state index < -0.39 is 5.97 Å². The summed E-state index contributed by atoms with van der Waals surface area (Å²) in [7, 11) is 0. The number of amides is 1. The van der Waals surface area contributed by atoms with Gasteiger partial charge in [-0.1, -0.05) is 18.9 Å². The van der Waals surface area contributed by atoms with Crippen LogP contribution in [0.4, 0.5) is 0 Å². The highest BCUT2D eigenvalue weighted by Gasteiger charge is 2.35. The van der Waals surface area contributed by atoms with E-state index >= 15 is 0 Å². The van der Waals surface area contributed by atoms with Crippen LogP contribution < -0.4 is 0 Å². The predicted octanol–water partition coefficient (Wildman–Crippen LogP) is 3.18. The lowest BCUT2D eigenvalue weighted by molar-refractivity contribution is 0.0390. The fourth-order valence-electron chi connectivity index (χ4n) is 3.83. The summed E-state index contributed by atoms with van der Waals surface area (Å²) in [5.74, 6) is -0.354. The Bertz CT molecular complexity index is 553. The fourth-order valence-corrected chi connectivity index (χ4v) is 3.83. The van der Waals surface area contributed by atoms with Gasteiger partial charge in [0.05, 0.1) is 5.56 Å². The predicted molar refractivity (Wildman–Crippen MR) is 79.4 cm³/mol. The molecule has 4 nitrogen and oxygen atoms in total. The number of nitrogens with zero attached hydrogens (tertiary/aromatic N) is 1. The van der Waals surface area contributed by atoms with Crippen LogP contribution in [0.5, 0.6) is 0 Å². The number of aromatic carboxylic acids is 1. The molecule has 1 aliphatic heterocycles. The summed E-state index contributed by atoms with van der Waals surface area (Å²) >= 11 is 0. The molecule has 112 valence electrons. The minimum Gasteiger partial charge on any atom is -0.478 e. The molecule has 2 fully saturated rings. The number of carbonyl (C=O) groups is 2. The Balaban J connectivity index is 1.83. The van der Waals surface area contributed by atoms with E-state index in [1.165, 1.54) is 37.8 Å². The molecule has 21 heavy (non-hydrogen) atoms. The smallest absolute Gasteiger partial charge is 0.335 e. The van der Waals surface area contributed by atoms with Crippen molar-refractivity contribution in [1.82, 2.24) is 4.90 Å². The van der Waals surface area contributed by atoms with E-state index in [2.05, 4.69) is 0 Å². The molecule has 1 N–H and O–H groups in total. The van der Waals surface area contributed by atoms with Gasteiger partial charge in [-0.05, 0) is 49.8 Å². The molecule has 0 radical (unpaired) electrons. The molecule has 0 aromatic heterocycles. The average Bonchev–Trinajstić information content (AvgIpc) is 2.53. The largest absolute Gasteiger partial charge is 0.478 e. The molecule has 3 rings (SSSR count). The molecule has 2 atom stereocenters. The SMILES string of the molecule is O=C(O)c1cccc(C(=O)N2CCCC3CCCCC32)c1. The summed E-state index contributed by atoms with van der Waals surface area (Å²) in [6.07, 6.45) is 7.07. The lowest BCUT2D eigenvalue weighted by atomic mass is 9.78. The van der Waals surface area contributed by atoms with Gasteiger partial charge in [-0.2, -0.15) is 0 Å². The van der Waals surface area contributed by atoms with Crippen molar-refractivity contribution in [3.63, 3.8) is 0 Å². The van der Waals surface area contributed by atoms with Crippen molar-refractivity contribution >= 4 is 11.9 Å². The van der Waals surface area contributed by atoms with E-state index in [1.54, 1.807) is 12.1 Å². The third-order valence-corrected chi connectivity index (χ3v) is 4.86. The molecule has 1 aliphatic carbocycles. The van der Waals surface area contributed by atoms with E-state index in [9.17, 15) is 9.59 Å². The minimum atomic E-state index is -0.987. The molecule has 1 aromatic carbocycles. The van der Waals surface area contributed by atoms with Crippen LogP contribution in [0.1, 0.15) is 59.2 Å². The van der Waals surface area contributed by atoms with Gasteiger partial charge in [-0.25, -0.2) is 4.79 Å². The number of fused-ring (bicyclic) bond motifs is 1. The Hall–Kier alpha value is -1.84. The first kappa shape index (κ1) is 14.1.